The minimum absolute atomic E-state index is 0.0327. The molecule has 3 aliphatic carbocycles. The van der Waals surface area contributed by atoms with Gasteiger partial charge in [-0.15, -0.1) is 0 Å². The zero-order valence-corrected chi connectivity index (χ0v) is 22.1. The number of carbonyl (C=O) groups excluding carboxylic acids is 3. The van der Waals surface area contributed by atoms with Crippen molar-refractivity contribution in [2.24, 2.45) is 23.3 Å². The van der Waals surface area contributed by atoms with Crippen LogP contribution >= 0.6 is 0 Å². The van der Waals surface area contributed by atoms with E-state index in [4.69, 9.17) is 11.5 Å². The number of aliphatic hydroxyl groups excluding tert-OH is 2. The Bertz CT molecular complexity index is 1630. The summed E-state index contributed by atoms with van der Waals surface area (Å²) in [5.41, 5.74) is 8.33. The summed E-state index contributed by atoms with van der Waals surface area (Å²) in [5, 5.41) is 56.7. The van der Waals surface area contributed by atoms with E-state index in [0.717, 1.165) is 0 Å². The average molecular weight is 565 g/mol. The van der Waals surface area contributed by atoms with Crippen molar-refractivity contribution in [3.8, 4) is 16.9 Å². The summed E-state index contributed by atoms with van der Waals surface area (Å²) in [4.78, 5) is 51.7. The molecule has 0 saturated heterocycles. The molecule has 41 heavy (non-hydrogen) atoms. The van der Waals surface area contributed by atoms with Crippen molar-refractivity contribution in [2.75, 3.05) is 14.1 Å². The Morgan fingerprint density at radius 3 is 2.46 bits per heavy atom. The molecule has 0 spiro atoms. The van der Waals surface area contributed by atoms with Gasteiger partial charge in [0.05, 0.1) is 16.5 Å². The van der Waals surface area contributed by atoms with Gasteiger partial charge in [0.2, 0.25) is 5.78 Å². The van der Waals surface area contributed by atoms with Gasteiger partial charge in [0.1, 0.15) is 22.8 Å². The Morgan fingerprint density at radius 2 is 1.88 bits per heavy atom. The predicted octanol–water partition coefficient (Wildman–Crippen LogP) is 0.998. The lowest BCUT2D eigenvalue weighted by Gasteiger charge is -2.50. The van der Waals surface area contributed by atoms with Gasteiger partial charge in [-0.3, -0.25) is 29.4 Å². The fourth-order valence-corrected chi connectivity index (χ4v) is 6.57. The average Bonchev–Trinajstić information content (AvgIpc) is 2.90. The first-order chi connectivity index (χ1) is 19.2. The summed E-state index contributed by atoms with van der Waals surface area (Å²) >= 11 is 0. The Balaban J connectivity index is 1.78. The van der Waals surface area contributed by atoms with E-state index in [-0.39, 0.29) is 41.8 Å². The van der Waals surface area contributed by atoms with E-state index in [2.05, 4.69) is 0 Å². The van der Waals surface area contributed by atoms with Gasteiger partial charge >= 0.3 is 0 Å². The monoisotopic (exact) mass is 564 g/mol. The van der Waals surface area contributed by atoms with E-state index >= 15 is 0 Å². The molecule has 5 rings (SSSR count). The predicted molar refractivity (Wildman–Crippen MR) is 144 cm³/mol. The number of amides is 1. The maximum Gasteiger partial charge on any atom is 0.270 e. The Kier molecular flexibility index (Phi) is 6.48. The van der Waals surface area contributed by atoms with E-state index in [9.17, 15) is 44.9 Å². The quantitative estimate of drug-likeness (QED) is 0.170. The molecule has 0 heterocycles. The van der Waals surface area contributed by atoms with E-state index in [0.29, 0.717) is 16.7 Å². The molecule has 2 aromatic carbocycles. The largest absolute Gasteiger partial charge is 0.508 e. The molecule has 13 heteroatoms. The molecule has 13 nitrogen and oxygen atoms in total. The van der Waals surface area contributed by atoms with Crippen molar-refractivity contribution in [3.63, 3.8) is 0 Å². The first-order valence-corrected chi connectivity index (χ1v) is 12.7. The number of nitro benzene ring substituents is 1. The molecule has 0 aromatic heterocycles. The number of primary amides is 1. The number of non-ortho nitro benzene ring substituents is 1. The van der Waals surface area contributed by atoms with Crippen LogP contribution in [0.25, 0.3) is 16.9 Å². The third-order valence-corrected chi connectivity index (χ3v) is 8.39. The highest BCUT2D eigenvalue weighted by Gasteiger charge is 2.64. The van der Waals surface area contributed by atoms with Crippen LogP contribution in [-0.2, 0) is 27.3 Å². The number of likely N-dealkylation sites (N-methyl/N-ethyl adjacent to an activating group) is 1. The van der Waals surface area contributed by atoms with Crippen LogP contribution in [0.3, 0.4) is 0 Å². The number of hydrogen-bond acceptors (Lipinski definition) is 11. The minimum Gasteiger partial charge on any atom is -0.508 e. The van der Waals surface area contributed by atoms with Gasteiger partial charge < -0.3 is 31.9 Å². The number of carbonyl (C=O) groups is 3. The maximum atomic E-state index is 14.0. The number of fused-ring (bicyclic) bond motifs is 3. The number of ketones is 2. The summed E-state index contributed by atoms with van der Waals surface area (Å²) in [5.74, 6) is -7.57. The lowest BCUT2D eigenvalue weighted by molar-refractivity contribution is -0.384. The maximum absolute atomic E-state index is 14.0. The van der Waals surface area contributed by atoms with E-state index in [1.54, 1.807) is 12.1 Å². The number of nitro groups is 1. The zero-order valence-electron chi connectivity index (χ0n) is 22.1. The number of rotatable bonds is 5. The number of phenols is 1. The molecule has 3 aliphatic rings. The van der Waals surface area contributed by atoms with Gasteiger partial charge in [-0.25, -0.2) is 0 Å². The normalized spacial score (nSPS) is 25.6. The van der Waals surface area contributed by atoms with Crippen LogP contribution in [0.5, 0.6) is 5.75 Å². The molecule has 1 amide bonds. The second-order valence-corrected chi connectivity index (χ2v) is 10.8. The molecule has 2 aromatic rings. The molecule has 214 valence electrons. The van der Waals surface area contributed by atoms with Crippen LogP contribution in [0.15, 0.2) is 47.2 Å². The molecule has 0 aliphatic heterocycles. The summed E-state index contributed by atoms with van der Waals surface area (Å²) in [7, 11) is 3.03. The minimum atomic E-state index is -2.76. The standard InChI is InChI=1S/C28H28N4O9/c1-31(2)21-17-9-12-7-16-15(11-4-3-5-14(6-11)32(40)41)8-13(10-29)22(33)19(16)23(34)18(12)25(36)28(17,39)26(37)20(24(21)35)27(30)38/h3-6,8,12,17,21,33-34,37,39H,7,9-10,29H2,1-2H3,(H2,30,38)/t12-,17-,21-,28-/m0/s1. The molecular weight excluding hydrogens is 536 g/mol. The van der Waals surface area contributed by atoms with E-state index < -0.39 is 68.7 Å². The van der Waals surface area contributed by atoms with Gasteiger partial charge in [-0.1, -0.05) is 12.1 Å². The molecule has 0 radical (unpaired) electrons. The fourth-order valence-electron chi connectivity index (χ4n) is 6.57. The molecule has 1 fully saturated rings. The summed E-state index contributed by atoms with van der Waals surface area (Å²) in [6, 6.07) is 6.12. The number of phenolic OH excluding ortho intramolecular Hbond substituents is 1. The highest BCUT2D eigenvalue weighted by Crippen LogP contribution is 2.54. The smallest absolute Gasteiger partial charge is 0.270 e. The first-order valence-electron chi connectivity index (χ1n) is 12.7. The third-order valence-electron chi connectivity index (χ3n) is 8.39. The molecule has 8 N–H and O–H groups in total. The van der Waals surface area contributed by atoms with Crippen LogP contribution in [-0.4, -0.2) is 73.5 Å². The Hall–Kier alpha value is -4.59. The van der Waals surface area contributed by atoms with Crippen molar-refractivity contribution in [1.82, 2.24) is 4.90 Å². The van der Waals surface area contributed by atoms with Crippen LogP contribution < -0.4 is 11.5 Å². The van der Waals surface area contributed by atoms with Gasteiger partial charge in [-0.05, 0) is 55.6 Å². The van der Waals surface area contributed by atoms with E-state index in [1.807, 2.05) is 0 Å². The summed E-state index contributed by atoms with van der Waals surface area (Å²) in [6.07, 6.45) is -0.0511. The second-order valence-electron chi connectivity index (χ2n) is 10.8. The van der Waals surface area contributed by atoms with Gasteiger partial charge in [0.15, 0.2) is 11.4 Å². The van der Waals surface area contributed by atoms with Crippen LogP contribution in [0.4, 0.5) is 5.69 Å². The van der Waals surface area contributed by atoms with Crippen LogP contribution in [0.2, 0.25) is 0 Å². The third kappa shape index (κ3) is 3.84. The fraction of sp³-hybridized carbons (Fsp3) is 0.321. The lowest BCUT2D eigenvalue weighted by Crippen LogP contribution is -2.65. The topological polar surface area (TPSA) is 231 Å². The lowest BCUT2D eigenvalue weighted by atomic mass is 9.57. The number of aromatic hydroxyl groups is 1. The number of aliphatic hydroxyl groups is 3. The highest BCUT2D eigenvalue weighted by molar-refractivity contribution is 6.24. The van der Waals surface area contributed by atoms with Crippen molar-refractivity contribution in [3.05, 3.63) is 74.0 Å². The zero-order chi connectivity index (χ0) is 30.1. The Morgan fingerprint density at radius 1 is 1.20 bits per heavy atom. The number of benzene rings is 2. The SMILES string of the molecule is CN(C)[C@@H]1C(=O)C(C(N)=O)=C(O)[C@@]2(O)C(=O)C3=C(O)c4c(O)c(CN)cc(-c5cccc([N+](=O)[O-])c5)c4C[C@H]3C[C@@H]12. The highest BCUT2D eigenvalue weighted by atomic mass is 16.6. The summed E-state index contributed by atoms with van der Waals surface area (Å²) < 4.78 is 0. The number of nitrogens with zero attached hydrogens (tertiary/aromatic N) is 2. The molecular formula is C28H28N4O9. The van der Waals surface area contributed by atoms with Gasteiger partial charge in [-0.2, -0.15) is 0 Å². The van der Waals surface area contributed by atoms with Crippen molar-refractivity contribution in [1.29, 1.82) is 0 Å². The van der Waals surface area contributed by atoms with E-state index in [1.165, 1.54) is 37.2 Å². The summed E-state index contributed by atoms with van der Waals surface area (Å²) in [6.45, 7) is -0.175. The van der Waals surface area contributed by atoms with Crippen molar-refractivity contribution in [2.45, 2.75) is 31.0 Å². The van der Waals surface area contributed by atoms with Crippen LogP contribution in [0.1, 0.15) is 23.1 Å². The van der Waals surface area contributed by atoms with Crippen LogP contribution in [0, 0.1) is 22.0 Å². The number of Topliss-reactive ketones (excluding diaryl/α,β-unsaturated/α-hetero) is 2. The van der Waals surface area contributed by atoms with Gasteiger partial charge in [0, 0.05) is 35.7 Å². The molecule has 0 bridgehead atoms. The molecule has 0 unspecified atom stereocenters. The van der Waals surface area contributed by atoms with Gasteiger partial charge in [0.25, 0.3) is 11.6 Å². The Labute approximate surface area is 233 Å². The number of nitrogens with two attached hydrogens (primary N) is 2. The second kappa shape index (κ2) is 9.51. The van der Waals surface area contributed by atoms with Crippen molar-refractivity contribution < 1.29 is 39.7 Å². The molecule has 1 saturated carbocycles. The number of hydrogen-bond donors (Lipinski definition) is 6. The van der Waals surface area contributed by atoms with Crippen molar-refractivity contribution >= 4 is 28.9 Å². The first kappa shape index (κ1) is 28.0. The molecule has 4 atom stereocenters.